The fourth-order valence-corrected chi connectivity index (χ4v) is 4.05. The van der Waals surface area contributed by atoms with Crippen molar-refractivity contribution in [2.75, 3.05) is 25.5 Å². The molecule has 2 aromatic rings. The van der Waals surface area contributed by atoms with E-state index in [0.29, 0.717) is 24.5 Å². The molecule has 2 aromatic heterocycles. The molecule has 9 nitrogen and oxygen atoms in total. The van der Waals surface area contributed by atoms with E-state index in [1.807, 2.05) is 44.9 Å². The maximum atomic E-state index is 13.4. The minimum atomic E-state index is -0.513. The number of nitrogens with one attached hydrogen (secondary N) is 1. The molecule has 0 unspecified atom stereocenters. The van der Waals surface area contributed by atoms with Gasteiger partial charge in [-0.15, -0.1) is 0 Å². The average Bonchev–Trinajstić information content (AvgIpc) is 3.64. The summed E-state index contributed by atoms with van der Waals surface area (Å²) in [5, 5.41) is 2.98. The highest BCUT2D eigenvalue weighted by atomic mass is 16.6. The molecule has 33 heavy (non-hydrogen) atoms. The van der Waals surface area contributed by atoms with Crippen LogP contribution in [-0.4, -0.2) is 74.6 Å². The number of pyridine rings is 1. The van der Waals surface area contributed by atoms with Crippen LogP contribution in [0, 0.1) is 0 Å². The Hall–Kier alpha value is -3.23. The summed E-state index contributed by atoms with van der Waals surface area (Å²) in [5.41, 5.74) is 0.766. The Labute approximate surface area is 194 Å². The van der Waals surface area contributed by atoms with E-state index in [4.69, 9.17) is 4.74 Å². The van der Waals surface area contributed by atoms with Crippen molar-refractivity contribution in [3.05, 3.63) is 36.3 Å². The molecule has 1 saturated carbocycles. The van der Waals surface area contributed by atoms with Crippen LogP contribution in [0.2, 0.25) is 0 Å². The molecule has 9 heteroatoms. The van der Waals surface area contributed by atoms with E-state index in [-0.39, 0.29) is 24.1 Å². The van der Waals surface area contributed by atoms with E-state index >= 15 is 0 Å². The lowest BCUT2D eigenvalue weighted by molar-refractivity contribution is 0.0142. The van der Waals surface area contributed by atoms with Gasteiger partial charge in [-0.2, -0.15) is 0 Å². The summed E-state index contributed by atoms with van der Waals surface area (Å²) >= 11 is 0. The summed E-state index contributed by atoms with van der Waals surface area (Å²) in [6.45, 7) is 6.77. The summed E-state index contributed by atoms with van der Waals surface area (Å²) in [4.78, 5) is 42.6. The number of piperidine rings is 1. The van der Waals surface area contributed by atoms with Crippen LogP contribution >= 0.6 is 0 Å². The van der Waals surface area contributed by atoms with E-state index in [9.17, 15) is 9.59 Å². The number of rotatable bonds is 5. The van der Waals surface area contributed by atoms with Gasteiger partial charge in [-0.25, -0.2) is 19.7 Å². The van der Waals surface area contributed by atoms with Gasteiger partial charge in [0, 0.05) is 56.4 Å². The summed E-state index contributed by atoms with van der Waals surface area (Å²) in [6.07, 6.45) is 8.13. The van der Waals surface area contributed by atoms with Crippen molar-refractivity contribution in [2.24, 2.45) is 0 Å². The molecule has 2 aliphatic rings. The quantitative estimate of drug-likeness (QED) is 0.740. The molecule has 0 bridgehead atoms. The molecule has 176 valence electrons. The van der Waals surface area contributed by atoms with Gasteiger partial charge in [-0.05, 0) is 58.6 Å². The Bertz CT molecular complexity index is 975. The third kappa shape index (κ3) is 5.58. The standard InChI is InChI=1S/C24H32N6O3/c1-24(2,3)33-23(32)29-11-9-19(10-12-29)30(18-6-7-18)22(31)17-14-27-21(28-15-17)16-5-8-20(25-4)26-13-16/h5,8,13-15,18-19H,6-7,9-12H2,1-4H3,(H,25,26). The van der Waals surface area contributed by atoms with Crippen LogP contribution in [-0.2, 0) is 4.74 Å². The maximum absolute atomic E-state index is 13.4. The normalized spacial score (nSPS) is 16.9. The number of hydrogen-bond acceptors (Lipinski definition) is 7. The summed E-state index contributed by atoms with van der Waals surface area (Å²) in [5.74, 6) is 1.26. The van der Waals surface area contributed by atoms with Crippen LogP contribution in [0.1, 0.15) is 56.8 Å². The van der Waals surface area contributed by atoms with Gasteiger partial charge in [-0.3, -0.25) is 4.79 Å². The zero-order valence-electron chi connectivity index (χ0n) is 19.7. The largest absolute Gasteiger partial charge is 0.444 e. The smallest absolute Gasteiger partial charge is 0.410 e. The monoisotopic (exact) mass is 452 g/mol. The van der Waals surface area contributed by atoms with Crippen LogP contribution in [0.15, 0.2) is 30.7 Å². The van der Waals surface area contributed by atoms with Crippen LogP contribution < -0.4 is 5.32 Å². The predicted molar refractivity (Wildman–Crippen MR) is 125 cm³/mol. The number of likely N-dealkylation sites (tertiary alicyclic amines) is 1. The van der Waals surface area contributed by atoms with E-state index < -0.39 is 5.60 Å². The van der Waals surface area contributed by atoms with Gasteiger partial charge in [0.2, 0.25) is 0 Å². The Morgan fingerprint density at radius 3 is 2.15 bits per heavy atom. The Morgan fingerprint density at radius 1 is 1.00 bits per heavy atom. The molecule has 0 radical (unpaired) electrons. The molecular formula is C24H32N6O3. The Kier molecular flexibility index (Phi) is 6.49. The van der Waals surface area contributed by atoms with Crippen molar-refractivity contribution in [2.45, 2.75) is 64.1 Å². The summed E-state index contributed by atoms with van der Waals surface area (Å²) in [6, 6.07) is 4.11. The lowest BCUT2D eigenvalue weighted by Crippen LogP contribution is -2.50. The molecule has 4 rings (SSSR count). The molecule has 1 aliphatic carbocycles. The highest BCUT2D eigenvalue weighted by molar-refractivity contribution is 5.94. The molecule has 2 fully saturated rings. The van der Waals surface area contributed by atoms with Crippen molar-refractivity contribution in [3.8, 4) is 11.4 Å². The molecule has 3 heterocycles. The van der Waals surface area contributed by atoms with E-state index in [1.165, 1.54) is 0 Å². The fourth-order valence-electron chi connectivity index (χ4n) is 4.05. The number of aromatic nitrogens is 3. The number of carbonyl (C=O) groups excluding carboxylic acids is 2. The van der Waals surface area contributed by atoms with Gasteiger partial charge in [0.1, 0.15) is 11.4 Å². The third-order valence-corrected chi connectivity index (χ3v) is 5.86. The molecule has 1 aliphatic heterocycles. The number of anilines is 1. The van der Waals surface area contributed by atoms with Crippen molar-refractivity contribution < 1.29 is 14.3 Å². The van der Waals surface area contributed by atoms with Gasteiger partial charge in [-0.1, -0.05) is 0 Å². The van der Waals surface area contributed by atoms with E-state index in [1.54, 1.807) is 23.5 Å². The van der Waals surface area contributed by atoms with Crippen LogP contribution in [0.4, 0.5) is 10.6 Å². The molecule has 1 saturated heterocycles. The van der Waals surface area contributed by atoms with Crippen molar-refractivity contribution in [3.63, 3.8) is 0 Å². The van der Waals surface area contributed by atoms with E-state index in [0.717, 1.165) is 37.1 Å². The Balaban J connectivity index is 1.41. The number of nitrogens with zero attached hydrogens (tertiary/aromatic N) is 5. The first-order valence-corrected chi connectivity index (χ1v) is 11.5. The first-order chi connectivity index (χ1) is 15.7. The maximum Gasteiger partial charge on any atom is 0.410 e. The highest BCUT2D eigenvalue weighted by Gasteiger charge is 2.40. The van der Waals surface area contributed by atoms with Gasteiger partial charge >= 0.3 is 6.09 Å². The zero-order valence-corrected chi connectivity index (χ0v) is 19.7. The number of carbonyl (C=O) groups is 2. The molecule has 1 N–H and O–H groups in total. The van der Waals surface area contributed by atoms with Gasteiger partial charge in [0.05, 0.1) is 5.56 Å². The van der Waals surface area contributed by atoms with Crippen molar-refractivity contribution in [1.82, 2.24) is 24.8 Å². The lowest BCUT2D eigenvalue weighted by Gasteiger charge is -2.39. The van der Waals surface area contributed by atoms with Gasteiger partial charge in [0.25, 0.3) is 5.91 Å². The third-order valence-electron chi connectivity index (χ3n) is 5.86. The lowest BCUT2D eigenvalue weighted by atomic mass is 10.0. The zero-order chi connectivity index (χ0) is 23.6. The molecule has 0 spiro atoms. The summed E-state index contributed by atoms with van der Waals surface area (Å²) in [7, 11) is 1.81. The van der Waals surface area contributed by atoms with Crippen molar-refractivity contribution in [1.29, 1.82) is 0 Å². The Morgan fingerprint density at radius 2 is 1.64 bits per heavy atom. The summed E-state index contributed by atoms with van der Waals surface area (Å²) < 4.78 is 5.49. The first kappa shape index (κ1) is 22.9. The number of hydrogen-bond donors (Lipinski definition) is 1. The molecule has 2 amide bonds. The van der Waals surface area contributed by atoms with E-state index in [2.05, 4.69) is 20.3 Å². The average molecular weight is 453 g/mol. The fraction of sp³-hybridized carbons (Fsp3) is 0.542. The highest BCUT2D eigenvalue weighted by Crippen LogP contribution is 2.33. The molecular weight excluding hydrogens is 420 g/mol. The number of ether oxygens (including phenoxy) is 1. The van der Waals surface area contributed by atoms with Crippen LogP contribution in [0.3, 0.4) is 0 Å². The minimum Gasteiger partial charge on any atom is -0.444 e. The molecule has 0 atom stereocenters. The predicted octanol–water partition coefficient (Wildman–Crippen LogP) is 3.58. The van der Waals surface area contributed by atoms with Crippen LogP contribution in [0.5, 0.6) is 0 Å². The van der Waals surface area contributed by atoms with Gasteiger partial charge < -0.3 is 19.9 Å². The molecule has 0 aromatic carbocycles. The number of amides is 2. The second-order valence-electron chi connectivity index (χ2n) is 9.62. The minimum absolute atomic E-state index is 0.0385. The first-order valence-electron chi connectivity index (χ1n) is 11.5. The van der Waals surface area contributed by atoms with Crippen LogP contribution in [0.25, 0.3) is 11.4 Å². The van der Waals surface area contributed by atoms with Gasteiger partial charge in [0.15, 0.2) is 5.82 Å². The second kappa shape index (κ2) is 9.33. The van der Waals surface area contributed by atoms with Crippen molar-refractivity contribution >= 4 is 17.8 Å². The SMILES string of the molecule is CNc1ccc(-c2ncc(C(=O)N(C3CC3)C3CCN(C(=O)OC(C)(C)C)CC3)cn2)cn1. The second-order valence-corrected chi connectivity index (χ2v) is 9.62. The topological polar surface area (TPSA) is 101 Å².